The zero-order valence-electron chi connectivity index (χ0n) is 4.23. The Balaban J connectivity index is -0.00000000750. The van der Waals surface area contributed by atoms with E-state index in [1.54, 1.807) is 0 Å². The summed E-state index contributed by atoms with van der Waals surface area (Å²) in [5.41, 5.74) is 0. The molecule has 0 amide bonds. The van der Waals surface area contributed by atoms with Gasteiger partial charge in [0.1, 0.15) is 0 Å². The van der Waals surface area contributed by atoms with E-state index in [4.69, 9.17) is 15.0 Å². The second-order valence-electron chi connectivity index (χ2n) is 0.266. The zero-order chi connectivity index (χ0) is 3.58. The molecule has 0 heterocycles. The van der Waals surface area contributed by atoms with Crippen LogP contribution in [-0.4, -0.2) is 34.3 Å². The maximum absolute atomic E-state index is 8.44. The van der Waals surface area contributed by atoms with Crippen molar-refractivity contribution in [3.8, 4) is 0 Å². The van der Waals surface area contributed by atoms with Crippen molar-refractivity contribution in [2.24, 2.45) is 0 Å². The molecule has 0 aromatic rings. The molecule has 0 aromatic carbocycles. The van der Waals surface area contributed by atoms with Gasteiger partial charge >= 0.3 is 52.6 Å². The molecule has 7 heteroatoms. The summed E-state index contributed by atoms with van der Waals surface area (Å²) in [4.78, 5) is 8.44. The maximum Gasteiger partial charge on any atom is 2.00 e. The summed E-state index contributed by atoms with van der Waals surface area (Å²) in [5.74, 6) is 0. The van der Waals surface area contributed by atoms with Crippen LogP contribution < -0.4 is 59.5 Å². The second-order valence-corrected chi connectivity index (χ2v) is 0.266. The number of carbonyl (C=O) groups is 1. The molecule has 0 aromatic heterocycles. The van der Waals surface area contributed by atoms with E-state index >= 15 is 0 Å². The molecule has 0 aliphatic carbocycles. The Morgan fingerprint density at radius 3 is 1.38 bits per heavy atom. The molecular formula is CHCl2MgNaO3. The van der Waals surface area contributed by atoms with E-state index in [2.05, 4.69) is 0 Å². The van der Waals surface area contributed by atoms with Gasteiger partial charge in [0, 0.05) is 0 Å². The van der Waals surface area contributed by atoms with Crippen molar-refractivity contribution in [1.29, 1.82) is 0 Å². The fourth-order valence-corrected chi connectivity index (χ4v) is 0. The van der Waals surface area contributed by atoms with E-state index in [0.29, 0.717) is 0 Å². The van der Waals surface area contributed by atoms with Crippen LogP contribution in [0.2, 0.25) is 0 Å². The molecule has 0 fully saturated rings. The molecule has 0 unspecified atom stereocenters. The van der Waals surface area contributed by atoms with Gasteiger partial charge in [-0.3, -0.25) is 0 Å². The molecule has 1 N–H and O–H groups in total. The van der Waals surface area contributed by atoms with Crippen LogP contribution >= 0.6 is 0 Å². The van der Waals surface area contributed by atoms with Crippen LogP contribution in [0.4, 0.5) is 4.79 Å². The van der Waals surface area contributed by atoms with Gasteiger partial charge in [0.2, 0.25) is 6.16 Å². The third-order valence-electron chi connectivity index (χ3n) is 0. The van der Waals surface area contributed by atoms with Gasteiger partial charge in [0.25, 0.3) is 0 Å². The molecule has 0 aliphatic rings. The Morgan fingerprint density at radius 1 is 1.38 bits per heavy atom. The van der Waals surface area contributed by atoms with Gasteiger partial charge in [-0.1, -0.05) is 0 Å². The molecule has 0 bridgehead atoms. The Hall–Kier alpha value is 1.62. The Bertz CT molecular complexity index is 40.3. The van der Waals surface area contributed by atoms with Crippen LogP contribution in [-0.2, 0) is 0 Å². The first-order valence-corrected chi connectivity index (χ1v) is 0.632. The van der Waals surface area contributed by atoms with Gasteiger partial charge in [0.15, 0.2) is 0 Å². The van der Waals surface area contributed by atoms with Crippen LogP contribution in [0.25, 0.3) is 0 Å². The van der Waals surface area contributed by atoms with Gasteiger partial charge in [-0.05, 0) is 0 Å². The molecule has 40 valence electrons. The average molecular weight is 179 g/mol. The van der Waals surface area contributed by atoms with E-state index in [1.165, 1.54) is 0 Å². The third kappa shape index (κ3) is 128. The predicted molar refractivity (Wildman–Crippen MR) is 13.8 cm³/mol. The predicted octanol–water partition coefficient (Wildman–Crippen LogP) is -10.5. The monoisotopic (exact) mass is 178 g/mol. The summed E-state index contributed by atoms with van der Waals surface area (Å²) < 4.78 is 0. The van der Waals surface area contributed by atoms with Crippen LogP contribution in [0.3, 0.4) is 0 Å². The van der Waals surface area contributed by atoms with Gasteiger partial charge in [-0.25, -0.2) is 0 Å². The summed E-state index contributed by atoms with van der Waals surface area (Å²) >= 11 is 0. The first-order valence-electron chi connectivity index (χ1n) is 0.632. The number of halogens is 2. The first-order chi connectivity index (χ1) is 1.73. The molecule has 0 saturated heterocycles. The van der Waals surface area contributed by atoms with Gasteiger partial charge in [-0.15, -0.1) is 0 Å². The minimum absolute atomic E-state index is 0. The fourth-order valence-electron chi connectivity index (χ4n) is 0. The number of hydrogen-bond donors (Lipinski definition) is 1. The molecule has 3 nitrogen and oxygen atoms in total. The Labute approximate surface area is 97.5 Å². The SMILES string of the molecule is O=C([O-])O.[Cl-].[Cl-].[Mg+2].[Na+]. The number of carboxylic acid groups (broad SMARTS) is 2. The van der Waals surface area contributed by atoms with Crippen molar-refractivity contribution >= 4 is 29.2 Å². The summed E-state index contributed by atoms with van der Waals surface area (Å²) in [6.07, 6.45) is -2.08. The van der Waals surface area contributed by atoms with Crippen molar-refractivity contribution in [2.75, 3.05) is 0 Å². The quantitative estimate of drug-likeness (QED) is 0.376. The first kappa shape index (κ1) is 33.5. The Morgan fingerprint density at radius 2 is 1.38 bits per heavy atom. The molecule has 0 aliphatic heterocycles. The minimum atomic E-state index is -2.08. The van der Waals surface area contributed by atoms with Gasteiger partial charge in [0.05, 0.1) is 0 Å². The normalized spacial score (nSPS) is 3.00. The van der Waals surface area contributed by atoms with E-state index in [9.17, 15) is 0 Å². The van der Waals surface area contributed by atoms with Crippen LogP contribution in [0.5, 0.6) is 0 Å². The van der Waals surface area contributed by atoms with Crippen molar-refractivity contribution < 1.29 is 69.4 Å². The minimum Gasteiger partial charge on any atom is -1.00 e. The van der Waals surface area contributed by atoms with Crippen molar-refractivity contribution in [3.05, 3.63) is 0 Å². The number of hydrogen-bond acceptors (Lipinski definition) is 2. The van der Waals surface area contributed by atoms with Gasteiger partial charge < -0.3 is 39.8 Å². The summed E-state index contributed by atoms with van der Waals surface area (Å²) in [5, 5.41) is 15.3. The van der Waals surface area contributed by atoms with E-state index in [-0.39, 0.29) is 77.4 Å². The maximum atomic E-state index is 8.44. The summed E-state index contributed by atoms with van der Waals surface area (Å²) in [6, 6.07) is 0. The average Bonchev–Trinajstić information content (AvgIpc) is 0.811. The second kappa shape index (κ2) is 23.5. The standard InChI is InChI=1S/CH2O3.2ClH.Mg.Na/c2-1(3)4;;;;/h(H2,2,3,4);2*1H;;/q;;;+2;+1/p-3. The zero-order valence-corrected chi connectivity index (χ0v) is 9.15. The molecule has 8 heavy (non-hydrogen) atoms. The molecule has 0 spiro atoms. The number of rotatable bonds is 0. The molecule has 0 saturated carbocycles. The fraction of sp³-hybridized carbons (Fsp3) is 0. The van der Waals surface area contributed by atoms with Crippen molar-refractivity contribution in [2.45, 2.75) is 0 Å². The van der Waals surface area contributed by atoms with E-state index < -0.39 is 6.16 Å². The van der Waals surface area contributed by atoms with Gasteiger partial charge in [-0.2, -0.15) is 0 Å². The largest absolute Gasteiger partial charge is 2.00 e. The molecule has 0 radical (unpaired) electrons. The summed E-state index contributed by atoms with van der Waals surface area (Å²) in [6.45, 7) is 0. The smallest absolute Gasteiger partial charge is 1.00 e. The van der Waals surface area contributed by atoms with E-state index in [1.807, 2.05) is 0 Å². The third-order valence-corrected chi connectivity index (χ3v) is 0. The van der Waals surface area contributed by atoms with Crippen LogP contribution in [0.15, 0.2) is 0 Å². The topological polar surface area (TPSA) is 60.4 Å². The van der Waals surface area contributed by atoms with Crippen molar-refractivity contribution in [3.63, 3.8) is 0 Å². The van der Waals surface area contributed by atoms with E-state index in [0.717, 1.165) is 0 Å². The molecule has 0 rings (SSSR count). The van der Waals surface area contributed by atoms with Crippen LogP contribution in [0.1, 0.15) is 0 Å². The molecular weight excluding hydrogens is 178 g/mol. The molecule has 0 atom stereocenters. The van der Waals surface area contributed by atoms with Crippen molar-refractivity contribution in [1.82, 2.24) is 0 Å². The Kier molecular flexibility index (Phi) is 98.2. The van der Waals surface area contributed by atoms with Crippen LogP contribution in [0, 0.1) is 0 Å². The summed E-state index contributed by atoms with van der Waals surface area (Å²) in [7, 11) is 0.